The van der Waals surface area contributed by atoms with Crippen molar-refractivity contribution in [2.45, 2.75) is 65.7 Å². The molecule has 2 fully saturated rings. The number of rotatable bonds is 4. The van der Waals surface area contributed by atoms with E-state index in [0.717, 1.165) is 30.8 Å². The van der Waals surface area contributed by atoms with Crippen LogP contribution in [0.25, 0.3) is 0 Å². The highest BCUT2D eigenvalue weighted by Crippen LogP contribution is 2.37. The summed E-state index contributed by atoms with van der Waals surface area (Å²) in [5, 5.41) is 9.66. The standard InChI is InChI=1S/C23H32N4O3/c1-22(2)12-24-13-23(3,4)21(22)25-10-14-5-6-16-15(9-14)11-27(20(16)30)17-7-8-18(28)26-19(17)29/h5-6,9,17,21,24-25H,7-8,10-13H2,1-4H3,(H,26,28,29). The summed E-state index contributed by atoms with van der Waals surface area (Å²) in [6, 6.07) is 5.74. The monoisotopic (exact) mass is 412 g/mol. The second kappa shape index (κ2) is 7.46. The molecule has 7 heteroatoms. The number of nitrogens with zero attached hydrogens (tertiary/aromatic N) is 1. The summed E-state index contributed by atoms with van der Waals surface area (Å²) in [5.41, 5.74) is 3.02. The number of benzene rings is 1. The van der Waals surface area contributed by atoms with E-state index in [4.69, 9.17) is 0 Å². The Morgan fingerprint density at radius 3 is 2.47 bits per heavy atom. The Bertz CT molecular complexity index is 876. The van der Waals surface area contributed by atoms with E-state index in [1.54, 1.807) is 4.90 Å². The molecule has 2 saturated heterocycles. The number of nitrogens with one attached hydrogen (secondary N) is 3. The minimum Gasteiger partial charge on any atom is -0.322 e. The number of hydrogen-bond donors (Lipinski definition) is 3. The summed E-state index contributed by atoms with van der Waals surface area (Å²) in [5.74, 6) is -0.762. The van der Waals surface area contributed by atoms with Crippen LogP contribution in [0.3, 0.4) is 0 Å². The first-order valence-corrected chi connectivity index (χ1v) is 10.8. The molecule has 0 aromatic heterocycles. The number of hydrogen-bond acceptors (Lipinski definition) is 5. The minimum atomic E-state index is -0.569. The molecule has 4 rings (SSSR count). The van der Waals surface area contributed by atoms with Crippen molar-refractivity contribution in [3.8, 4) is 0 Å². The quantitative estimate of drug-likeness (QED) is 0.653. The predicted molar refractivity (Wildman–Crippen MR) is 114 cm³/mol. The van der Waals surface area contributed by atoms with Crippen LogP contribution < -0.4 is 16.0 Å². The Hall–Kier alpha value is -2.25. The van der Waals surface area contributed by atoms with Crippen molar-refractivity contribution in [3.63, 3.8) is 0 Å². The van der Waals surface area contributed by atoms with Crippen LogP contribution in [0.15, 0.2) is 18.2 Å². The molecule has 3 aliphatic rings. The average molecular weight is 413 g/mol. The fourth-order valence-corrected chi connectivity index (χ4v) is 5.48. The van der Waals surface area contributed by atoms with E-state index in [0.29, 0.717) is 24.6 Å². The summed E-state index contributed by atoms with van der Waals surface area (Å²) in [6.45, 7) is 12.3. The first kappa shape index (κ1) is 21.0. The molecule has 0 bridgehead atoms. The maximum atomic E-state index is 12.8. The topological polar surface area (TPSA) is 90.5 Å². The second-order valence-electron chi connectivity index (χ2n) is 10.3. The van der Waals surface area contributed by atoms with Gasteiger partial charge in [-0.2, -0.15) is 0 Å². The van der Waals surface area contributed by atoms with E-state index < -0.39 is 6.04 Å². The van der Waals surface area contributed by atoms with Gasteiger partial charge in [0.15, 0.2) is 0 Å². The SMILES string of the molecule is CC1(C)CNCC(C)(C)C1NCc1ccc2c(c1)CN(C1CCC(=O)NC1=O)C2=O. The van der Waals surface area contributed by atoms with Gasteiger partial charge < -0.3 is 15.5 Å². The van der Waals surface area contributed by atoms with E-state index in [1.165, 1.54) is 0 Å². The normalized spacial score (nSPS) is 25.9. The van der Waals surface area contributed by atoms with Crippen molar-refractivity contribution in [1.82, 2.24) is 20.9 Å². The van der Waals surface area contributed by atoms with Crippen LogP contribution in [-0.4, -0.2) is 47.8 Å². The van der Waals surface area contributed by atoms with Crippen LogP contribution in [0, 0.1) is 10.8 Å². The van der Waals surface area contributed by atoms with Crippen LogP contribution in [-0.2, 0) is 22.7 Å². The fraction of sp³-hybridized carbons (Fsp3) is 0.609. The Balaban J connectivity index is 1.47. The van der Waals surface area contributed by atoms with Crippen molar-refractivity contribution >= 4 is 17.7 Å². The highest BCUT2D eigenvalue weighted by Gasteiger charge is 2.43. The van der Waals surface area contributed by atoms with Crippen molar-refractivity contribution < 1.29 is 14.4 Å². The van der Waals surface area contributed by atoms with Gasteiger partial charge >= 0.3 is 0 Å². The van der Waals surface area contributed by atoms with E-state index in [-0.39, 0.29) is 35.0 Å². The Labute approximate surface area is 178 Å². The molecule has 0 radical (unpaired) electrons. The second-order valence-corrected chi connectivity index (χ2v) is 10.3. The molecule has 1 unspecified atom stereocenters. The van der Waals surface area contributed by atoms with E-state index in [9.17, 15) is 14.4 Å². The number of amides is 3. The molecule has 7 nitrogen and oxygen atoms in total. The highest BCUT2D eigenvalue weighted by atomic mass is 16.2. The number of carbonyl (C=O) groups is 3. The fourth-order valence-electron chi connectivity index (χ4n) is 5.48. The van der Waals surface area contributed by atoms with E-state index >= 15 is 0 Å². The lowest BCUT2D eigenvalue weighted by atomic mass is 9.67. The molecule has 3 heterocycles. The Morgan fingerprint density at radius 1 is 1.10 bits per heavy atom. The summed E-state index contributed by atoms with van der Waals surface area (Å²) in [7, 11) is 0. The number of carbonyl (C=O) groups excluding carboxylic acids is 3. The third-order valence-electron chi connectivity index (χ3n) is 6.82. The molecule has 0 saturated carbocycles. The molecule has 30 heavy (non-hydrogen) atoms. The highest BCUT2D eigenvalue weighted by molar-refractivity contribution is 6.05. The first-order valence-electron chi connectivity index (χ1n) is 10.8. The van der Waals surface area contributed by atoms with Crippen LogP contribution in [0.1, 0.15) is 62.0 Å². The van der Waals surface area contributed by atoms with Gasteiger partial charge in [-0.1, -0.05) is 39.8 Å². The lowest BCUT2D eigenvalue weighted by molar-refractivity contribution is -0.136. The predicted octanol–water partition coefficient (Wildman–Crippen LogP) is 1.56. The molecule has 3 aliphatic heterocycles. The summed E-state index contributed by atoms with van der Waals surface area (Å²) < 4.78 is 0. The largest absolute Gasteiger partial charge is 0.322 e. The lowest BCUT2D eigenvalue weighted by Crippen LogP contribution is -2.62. The molecule has 162 valence electrons. The maximum Gasteiger partial charge on any atom is 0.255 e. The van der Waals surface area contributed by atoms with Gasteiger partial charge in [0.1, 0.15) is 6.04 Å². The molecule has 3 N–H and O–H groups in total. The van der Waals surface area contributed by atoms with Crippen molar-refractivity contribution in [1.29, 1.82) is 0 Å². The third-order valence-corrected chi connectivity index (χ3v) is 6.82. The van der Waals surface area contributed by atoms with Crippen molar-refractivity contribution in [2.24, 2.45) is 10.8 Å². The van der Waals surface area contributed by atoms with E-state index in [2.05, 4.69) is 49.7 Å². The molecule has 3 amide bonds. The Morgan fingerprint density at radius 2 is 1.80 bits per heavy atom. The molecule has 0 spiro atoms. The van der Waals surface area contributed by atoms with Gasteiger partial charge in [0.25, 0.3) is 5.91 Å². The van der Waals surface area contributed by atoms with E-state index in [1.807, 2.05) is 12.1 Å². The summed E-state index contributed by atoms with van der Waals surface area (Å²) in [4.78, 5) is 38.1. The van der Waals surface area contributed by atoms with Crippen LogP contribution in [0.5, 0.6) is 0 Å². The zero-order valence-electron chi connectivity index (χ0n) is 18.3. The van der Waals surface area contributed by atoms with Gasteiger partial charge in [-0.3, -0.25) is 19.7 Å². The first-order chi connectivity index (χ1) is 14.1. The van der Waals surface area contributed by atoms with Crippen LogP contribution >= 0.6 is 0 Å². The van der Waals surface area contributed by atoms with Gasteiger partial charge in [0, 0.05) is 44.2 Å². The summed E-state index contributed by atoms with van der Waals surface area (Å²) in [6.07, 6.45) is 0.659. The van der Waals surface area contributed by atoms with Gasteiger partial charge in [-0.25, -0.2) is 0 Å². The molecule has 0 aliphatic carbocycles. The molecule has 1 atom stereocenters. The minimum absolute atomic E-state index is 0.125. The zero-order valence-corrected chi connectivity index (χ0v) is 18.3. The average Bonchev–Trinajstić information content (AvgIpc) is 2.96. The molecule has 1 aromatic carbocycles. The van der Waals surface area contributed by atoms with Crippen molar-refractivity contribution in [3.05, 3.63) is 34.9 Å². The number of fused-ring (bicyclic) bond motifs is 1. The van der Waals surface area contributed by atoms with Gasteiger partial charge in [0.2, 0.25) is 11.8 Å². The van der Waals surface area contributed by atoms with Gasteiger partial charge in [-0.15, -0.1) is 0 Å². The van der Waals surface area contributed by atoms with Gasteiger partial charge in [-0.05, 0) is 34.4 Å². The molecular weight excluding hydrogens is 380 g/mol. The third kappa shape index (κ3) is 3.76. The zero-order chi connectivity index (χ0) is 21.7. The Kier molecular flexibility index (Phi) is 5.22. The van der Waals surface area contributed by atoms with Crippen molar-refractivity contribution in [2.75, 3.05) is 13.1 Å². The van der Waals surface area contributed by atoms with Crippen LogP contribution in [0.4, 0.5) is 0 Å². The maximum absolute atomic E-state index is 12.8. The lowest BCUT2D eigenvalue weighted by Gasteiger charge is -2.50. The smallest absolute Gasteiger partial charge is 0.255 e. The molecule has 1 aromatic rings. The van der Waals surface area contributed by atoms with Crippen LogP contribution in [0.2, 0.25) is 0 Å². The summed E-state index contributed by atoms with van der Waals surface area (Å²) >= 11 is 0. The molecular formula is C23H32N4O3. The number of imide groups is 1. The van der Waals surface area contributed by atoms with Gasteiger partial charge in [0.05, 0.1) is 0 Å². The number of piperidine rings is 2.